The predicted octanol–water partition coefficient (Wildman–Crippen LogP) is -0.539. The van der Waals surface area contributed by atoms with E-state index in [0.717, 1.165) is 24.3 Å². The number of aromatic hydroxyl groups is 4. The zero-order valence-electron chi connectivity index (χ0n) is 16.7. The minimum Gasteiger partial charge on any atom is -0.508 e. The first kappa shape index (κ1) is 22.6. The lowest BCUT2D eigenvalue weighted by Crippen LogP contribution is -2.60. The Labute approximate surface area is 184 Å². The number of rotatable bonds is 4. The van der Waals surface area contributed by atoms with E-state index in [2.05, 4.69) is 0 Å². The molecule has 0 aliphatic carbocycles. The van der Waals surface area contributed by atoms with Crippen LogP contribution in [0, 0.1) is 0 Å². The molecule has 0 unspecified atom stereocenters. The van der Waals surface area contributed by atoms with Gasteiger partial charge in [0, 0.05) is 17.7 Å². The van der Waals surface area contributed by atoms with Crippen LogP contribution in [0.3, 0.4) is 0 Å². The van der Waals surface area contributed by atoms with Crippen molar-refractivity contribution < 1.29 is 54.7 Å². The van der Waals surface area contributed by atoms with Gasteiger partial charge in [-0.3, -0.25) is 4.79 Å². The van der Waals surface area contributed by atoms with Gasteiger partial charge in [-0.1, -0.05) is 0 Å². The Balaban J connectivity index is 1.91. The van der Waals surface area contributed by atoms with Crippen molar-refractivity contribution in [2.45, 2.75) is 30.7 Å². The van der Waals surface area contributed by atoms with Gasteiger partial charge in [-0.05, 0) is 18.2 Å². The summed E-state index contributed by atoms with van der Waals surface area (Å²) in [5, 5.41) is 78.7. The fourth-order valence-electron chi connectivity index (χ4n) is 3.51. The molecule has 33 heavy (non-hydrogen) atoms. The third kappa shape index (κ3) is 3.90. The van der Waals surface area contributed by atoms with Crippen LogP contribution in [0.4, 0.5) is 0 Å². The molecule has 5 atom stereocenters. The number of hydrogen-bond acceptors (Lipinski definition) is 12. The zero-order chi connectivity index (χ0) is 24.0. The van der Waals surface area contributed by atoms with Gasteiger partial charge in [0.25, 0.3) is 0 Å². The van der Waals surface area contributed by atoms with Crippen LogP contribution >= 0.6 is 0 Å². The van der Waals surface area contributed by atoms with Crippen LogP contribution in [-0.4, -0.2) is 78.2 Å². The van der Waals surface area contributed by atoms with Crippen LogP contribution in [0.15, 0.2) is 39.5 Å². The molecule has 1 saturated heterocycles. The number of hydrogen-bond donors (Lipinski definition) is 8. The van der Waals surface area contributed by atoms with Crippen LogP contribution in [0.25, 0.3) is 22.3 Å². The van der Waals surface area contributed by atoms with E-state index in [9.17, 15) is 45.6 Å². The van der Waals surface area contributed by atoms with Crippen molar-refractivity contribution in [3.63, 3.8) is 0 Å². The van der Waals surface area contributed by atoms with E-state index in [4.69, 9.17) is 13.9 Å². The summed E-state index contributed by atoms with van der Waals surface area (Å²) in [6, 6.07) is 5.36. The molecule has 3 aromatic rings. The minimum absolute atomic E-state index is 0.0201. The van der Waals surface area contributed by atoms with Crippen LogP contribution in [0.2, 0.25) is 0 Å². The van der Waals surface area contributed by atoms with E-state index in [1.807, 2.05) is 0 Å². The van der Waals surface area contributed by atoms with E-state index in [1.54, 1.807) is 0 Å². The maximum absolute atomic E-state index is 13.2. The summed E-state index contributed by atoms with van der Waals surface area (Å²) in [5.41, 5.74) is -1.19. The Morgan fingerprint density at radius 3 is 2.27 bits per heavy atom. The lowest BCUT2D eigenvalue weighted by Gasteiger charge is -2.39. The molecule has 0 amide bonds. The lowest BCUT2D eigenvalue weighted by atomic mass is 9.99. The summed E-state index contributed by atoms with van der Waals surface area (Å²) in [4.78, 5) is 13.2. The molecule has 2 heterocycles. The highest BCUT2D eigenvalue weighted by atomic mass is 16.7. The van der Waals surface area contributed by atoms with Crippen molar-refractivity contribution in [3.05, 3.63) is 40.6 Å². The van der Waals surface area contributed by atoms with Crippen molar-refractivity contribution in [1.29, 1.82) is 0 Å². The second-order valence-electron chi connectivity index (χ2n) is 7.45. The van der Waals surface area contributed by atoms with Crippen molar-refractivity contribution in [1.82, 2.24) is 0 Å². The fraction of sp³-hybridized carbons (Fsp3) is 0.286. The van der Waals surface area contributed by atoms with Gasteiger partial charge >= 0.3 is 0 Å². The second kappa shape index (κ2) is 8.42. The summed E-state index contributed by atoms with van der Waals surface area (Å²) in [6.45, 7) is -0.740. The minimum atomic E-state index is -1.85. The highest BCUT2D eigenvalue weighted by Crippen LogP contribution is 2.39. The standard InChI is InChI=1S/C21H20O12/c22-6-13-15(27)17(29)18(30)21(32-13)33-20-16(28)14-11(26)4-8(23)5-12(14)31-19(20)7-1-2-9(24)10(25)3-7/h1-5,13,15,17-18,21-27,29-30H,6H2/t13-,15+,17+,18-,21+/m0/s1. The molecule has 1 aliphatic heterocycles. The number of ether oxygens (including phenoxy) is 2. The summed E-state index contributed by atoms with van der Waals surface area (Å²) < 4.78 is 16.5. The molecule has 0 bridgehead atoms. The van der Waals surface area contributed by atoms with Gasteiger partial charge in [0.05, 0.1) is 6.61 Å². The maximum Gasteiger partial charge on any atom is 0.239 e. The van der Waals surface area contributed by atoms with Gasteiger partial charge < -0.3 is 54.7 Å². The van der Waals surface area contributed by atoms with E-state index in [1.165, 1.54) is 6.07 Å². The monoisotopic (exact) mass is 464 g/mol. The summed E-state index contributed by atoms with van der Waals surface area (Å²) in [5.74, 6) is -3.05. The van der Waals surface area contributed by atoms with Crippen LogP contribution in [-0.2, 0) is 4.74 Å². The summed E-state index contributed by atoms with van der Waals surface area (Å²) in [7, 11) is 0. The summed E-state index contributed by atoms with van der Waals surface area (Å²) in [6.07, 6.45) is -8.40. The van der Waals surface area contributed by atoms with E-state index in [-0.39, 0.29) is 22.3 Å². The Bertz CT molecular complexity index is 1250. The maximum atomic E-state index is 13.2. The van der Waals surface area contributed by atoms with Gasteiger partial charge in [-0.2, -0.15) is 0 Å². The van der Waals surface area contributed by atoms with Crippen molar-refractivity contribution in [3.8, 4) is 40.1 Å². The molecule has 1 aromatic heterocycles. The Hall–Kier alpha value is -3.55. The number of phenols is 4. The molecule has 8 N–H and O–H groups in total. The van der Waals surface area contributed by atoms with Gasteiger partial charge in [-0.15, -0.1) is 0 Å². The molecule has 2 aromatic carbocycles. The Kier molecular flexibility index (Phi) is 5.78. The van der Waals surface area contributed by atoms with E-state index < -0.39 is 71.5 Å². The predicted molar refractivity (Wildman–Crippen MR) is 109 cm³/mol. The topological polar surface area (TPSA) is 211 Å². The largest absolute Gasteiger partial charge is 0.508 e. The SMILES string of the molecule is O=c1c(O[C@H]2O[C@@H](CO)[C@@H](O)[C@@H](O)[C@@H]2O)c(-c2ccc(O)c(O)c2)oc2cc(O)cc(O)c12. The van der Waals surface area contributed by atoms with Gasteiger partial charge in [0.1, 0.15) is 46.9 Å². The first-order chi connectivity index (χ1) is 15.6. The van der Waals surface area contributed by atoms with Crippen LogP contribution in [0.1, 0.15) is 0 Å². The molecule has 4 rings (SSSR count). The van der Waals surface area contributed by atoms with Gasteiger partial charge in [0.2, 0.25) is 17.5 Å². The molecule has 12 heteroatoms. The van der Waals surface area contributed by atoms with Crippen molar-refractivity contribution in [2.75, 3.05) is 6.61 Å². The summed E-state index contributed by atoms with van der Waals surface area (Å²) >= 11 is 0. The Morgan fingerprint density at radius 2 is 1.61 bits per heavy atom. The quantitative estimate of drug-likeness (QED) is 0.229. The first-order valence-electron chi connectivity index (χ1n) is 9.64. The highest BCUT2D eigenvalue weighted by Gasteiger charge is 2.45. The average molecular weight is 464 g/mol. The first-order valence-corrected chi connectivity index (χ1v) is 9.64. The number of phenolic OH excluding ortho intramolecular Hbond substituents is 4. The van der Waals surface area contributed by atoms with E-state index >= 15 is 0 Å². The molecule has 1 fully saturated rings. The van der Waals surface area contributed by atoms with Crippen molar-refractivity contribution in [2.24, 2.45) is 0 Å². The van der Waals surface area contributed by atoms with Gasteiger partial charge in [0.15, 0.2) is 17.3 Å². The molecular formula is C21H20O12. The average Bonchev–Trinajstić information content (AvgIpc) is 2.76. The van der Waals surface area contributed by atoms with Crippen molar-refractivity contribution >= 4 is 11.0 Å². The number of benzene rings is 2. The third-order valence-electron chi connectivity index (χ3n) is 5.24. The normalized spacial score (nSPS) is 25.3. The van der Waals surface area contributed by atoms with Gasteiger partial charge in [-0.25, -0.2) is 0 Å². The molecule has 176 valence electrons. The number of fused-ring (bicyclic) bond motifs is 1. The molecule has 1 aliphatic rings. The molecular weight excluding hydrogens is 444 g/mol. The molecule has 0 radical (unpaired) electrons. The smallest absolute Gasteiger partial charge is 0.239 e. The zero-order valence-corrected chi connectivity index (χ0v) is 16.7. The van der Waals surface area contributed by atoms with Crippen LogP contribution in [0.5, 0.6) is 28.7 Å². The fourth-order valence-corrected chi connectivity index (χ4v) is 3.51. The second-order valence-corrected chi connectivity index (χ2v) is 7.45. The number of aliphatic hydroxyl groups is 4. The van der Waals surface area contributed by atoms with Crippen LogP contribution < -0.4 is 10.2 Å². The highest BCUT2D eigenvalue weighted by molar-refractivity contribution is 5.88. The van der Waals surface area contributed by atoms with E-state index in [0.29, 0.717) is 0 Å². The number of aliphatic hydroxyl groups excluding tert-OH is 4. The molecule has 12 nitrogen and oxygen atoms in total. The lowest BCUT2D eigenvalue weighted by molar-refractivity contribution is -0.277. The molecule has 0 spiro atoms. The molecule has 0 saturated carbocycles. The third-order valence-corrected chi connectivity index (χ3v) is 5.24. The Morgan fingerprint density at radius 1 is 0.879 bits per heavy atom.